The van der Waals surface area contributed by atoms with Gasteiger partial charge < -0.3 is 14.8 Å². The number of nitrogens with one attached hydrogen (secondary N) is 1. The molecule has 9 heteroatoms. The van der Waals surface area contributed by atoms with Crippen LogP contribution in [0.25, 0.3) is 0 Å². The van der Waals surface area contributed by atoms with Crippen LogP contribution in [0.5, 0.6) is 5.75 Å². The quantitative estimate of drug-likeness (QED) is 0.322. The number of ether oxygens (including phenoxy) is 2. The number of halogens is 2. The molecule has 1 amide bonds. The molecule has 4 rings (SSSR count). The lowest BCUT2D eigenvalue weighted by molar-refractivity contribution is 0.0599. The molecule has 0 radical (unpaired) electrons. The molecule has 0 unspecified atom stereocenters. The van der Waals surface area contributed by atoms with Crippen LogP contribution in [0.2, 0.25) is 0 Å². The molecular formula is C28H25F2N3O4. The summed E-state index contributed by atoms with van der Waals surface area (Å²) in [6.45, 7) is 3.94. The molecule has 7 nitrogen and oxygen atoms in total. The van der Waals surface area contributed by atoms with Crippen molar-refractivity contribution in [3.63, 3.8) is 0 Å². The zero-order chi connectivity index (χ0) is 26.5. The molecule has 0 saturated heterocycles. The van der Waals surface area contributed by atoms with Crippen molar-refractivity contribution >= 4 is 17.6 Å². The Hall–Kier alpha value is -4.53. The lowest BCUT2D eigenvalue weighted by Crippen LogP contribution is -2.14. The van der Waals surface area contributed by atoms with Gasteiger partial charge in [0.2, 0.25) is 0 Å². The summed E-state index contributed by atoms with van der Waals surface area (Å²) in [5.74, 6) is -2.35. The number of aryl methyl sites for hydroxylation is 1. The van der Waals surface area contributed by atoms with Crippen LogP contribution in [0.4, 0.5) is 14.5 Å². The average Bonchev–Trinajstić information content (AvgIpc) is 3.15. The van der Waals surface area contributed by atoms with Crippen LogP contribution in [0.3, 0.4) is 0 Å². The predicted molar refractivity (Wildman–Crippen MR) is 134 cm³/mol. The maximum atomic E-state index is 13.8. The first-order valence-electron chi connectivity index (χ1n) is 11.4. The fourth-order valence-corrected chi connectivity index (χ4v) is 3.90. The summed E-state index contributed by atoms with van der Waals surface area (Å²) in [5.41, 5.74) is 4.11. The largest absolute Gasteiger partial charge is 0.486 e. The number of carbonyl (C=O) groups excluding carboxylic acids is 2. The van der Waals surface area contributed by atoms with Crippen LogP contribution in [0, 0.1) is 25.5 Å². The Kier molecular flexibility index (Phi) is 7.62. The summed E-state index contributed by atoms with van der Waals surface area (Å²) in [7, 11) is 1.33. The summed E-state index contributed by atoms with van der Waals surface area (Å²) < 4.78 is 39.0. The first kappa shape index (κ1) is 25.6. The van der Waals surface area contributed by atoms with E-state index in [2.05, 4.69) is 10.4 Å². The Labute approximate surface area is 212 Å². The van der Waals surface area contributed by atoms with E-state index in [0.717, 1.165) is 23.4 Å². The highest BCUT2D eigenvalue weighted by atomic mass is 19.1. The van der Waals surface area contributed by atoms with Gasteiger partial charge in [0, 0.05) is 11.6 Å². The Morgan fingerprint density at radius 1 is 1.00 bits per heavy atom. The molecule has 0 spiro atoms. The van der Waals surface area contributed by atoms with E-state index >= 15 is 0 Å². The summed E-state index contributed by atoms with van der Waals surface area (Å²) >= 11 is 0. The molecule has 190 valence electrons. The van der Waals surface area contributed by atoms with Crippen LogP contribution in [0.15, 0.2) is 66.7 Å². The number of hydrogen-bond donors (Lipinski definition) is 1. The van der Waals surface area contributed by atoms with Gasteiger partial charge in [0.1, 0.15) is 12.4 Å². The van der Waals surface area contributed by atoms with Gasteiger partial charge in [-0.25, -0.2) is 13.6 Å². The maximum Gasteiger partial charge on any atom is 0.338 e. The van der Waals surface area contributed by atoms with E-state index in [9.17, 15) is 18.4 Å². The van der Waals surface area contributed by atoms with E-state index in [1.165, 1.54) is 13.2 Å². The van der Waals surface area contributed by atoms with Crippen molar-refractivity contribution in [2.24, 2.45) is 0 Å². The zero-order valence-electron chi connectivity index (χ0n) is 20.5. The van der Waals surface area contributed by atoms with Gasteiger partial charge in [-0.1, -0.05) is 30.3 Å². The number of benzene rings is 3. The molecule has 4 aromatic rings. The van der Waals surface area contributed by atoms with Crippen LogP contribution >= 0.6 is 0 Å². The van der Waals surface area contributed by atoms with Gasteiger partial charge in [0.15, 0.2) is 11.6 Å². The SMILES string of the molecule is COC(=O)c1ccccc1Cn1nc(C)c(NC(=O)c2cccc(COc3ccc(F)cc3F)c2)c1C. The predicted octanol–water partition coefficient (Wildman–Crippen LogP) is 5.44. The van der Waals surface area contributed by atoms with Crippen molar-refractivity contribution in [2.75, 3.05) is 12.4 Å². The lowest BCUT2D eigenvalue weighted by Gasteiger charge is -2.11. The molecule has 1 aromatic heterocycles. The minimum atomic E-state index is -0.800. The van der Waals surface area contributed by atoms with Crippen LogP contribution < -0.4 is 10.1 Å². The maximum absolute atomic E-state index is 13.8. The molecule has 0 fully saturated rings. The van der Waals surface area contributed by atoms with Crippen molar-refractivity contribution in [2.45, 2.75) is 27.0 Å². The van der Waals surface area contributed by atoms with Crippen molar-refractivity contribution in [1.82, 2.24) is 9.78 Å². The molecular weight excluding hydrogens is 480 g/mol. The molecule has 1 N–H and O–H groups in total. The van der Waals surface area contributed by atoms with Gasteiger partial charge in [0.25, 0.3) is 5.91 Å². The van der Waals surface area contributed by atoms with Crippen molar-refractivity contribution in [1.29, 1.82) is 0 Å². The molecule has 1 heterocycles. The molecule has 0 aliphatic heterocycles. The Morgan fingerprint density at radius 2 is 1.78 bits per heavy atom. The van der Waals surface area contributed by atoms with E-state index in [-0.39, 0.29) is 18.3 Å². The summed E-state index contributed by atoms with van der Waals surface area (Å²) in [6.07, 6.45) is 0. The minimum Gasteiger partial charge on any atom is -0.486 e. The van der Waals surface area contributed by atoms with Gasteiger partial charge in [-0.05, 0) is 55.3 Å². The highest BCUT2D eigenvalue weighted by Gasteiger charge is 2.18. The fourth-order valence-electron chi connectivity index (χ4n) is 3.90. The average molecular weight is 506 g/mol. The molecule has 37 heavy (non-hydrogen) atoms. The van der Waals surface area contributed by atoms with Crippen molar-refractivity contribution < 1.29 is 27.8 Å². The second-order valence-electron chi connectivity index (χ2n) is 8.37. The highest BCUT2D eigenvalue weighted by molar-refractivity contribution is 6.05. The van der Waals surface area contributed by atoms with Crippen molar-refractivity contribution in [3.8, 4) is 5.75 Å². The minimum absolute atomic E-state index is 0.000730. The van der Waals surface area contributed by atoms with E-state index in [0.29, 0.717) is 34.6 Å². The number of rotatable bonds is 8. The van der Waals surface area contributed by atoms with Crippen LogP contribution in [0.1, 0.15) is 43.2 Å². The number of methoxy groups -OCH3 is 1. The monoisotopic (exact) mass is 505 g/mol. The third kappa shape index (κ3) is 5.83. The fraction of sp³-hybridized carbons (Fsp3) is 0.179. The van der Waals surface area contributed by atoms with E-state index in [4.69, 9.17) is 9.47 Å². The molecule has 0 aliphatic carbocycles. The topological polar surface area (TPSA) is 82.5 Å². The molecule has 0 atom stereocenters. The summed E-state index contributed by atoms with van der Waals surface area (Å²) in [4.78, 5) is 25.2. The Balaban J connectivity index is 1.48. The van der Waals surface area contributed by atoms with Crippen molar-refractivity contribution in [3.05, 3.63) is 112 Å². The third-order valence-corrected chi connectivity index (χ3v) is 5.84. The highest BCUT2D eigenvalue weighted by Crippen LogP contribution is 2.23. The van der Waals surface area contributed by atoms with E-state index < -0.39 is 17.6 Å². The van der Waals surface area contributed by atoms with Crippen LogP contribution in [-0.4, -0.2) is 28.8 Å². The second kappa shape index (κ2) is 11.0. The standard InChI is InChI=1S/C28H25F2N3O4/c1-17-26(18(2)33(32-17)15-21-8-4-5-10-23(21)28(35)36-3)31-27(34)20-9-6-7-19(13-20)16-37-25-12-11-22(29)14-24(25)30/h4-14H,15-16H2,1-3H3,(H,31,34). The zero-order valence-corrected chi connectivity index (χ0v) is 20.5. The Bertz CT molecular complexity index is 1470. The van der Waals surface area contributed by atoms with Gasteiger partial charge in [-0.3, -0.25) is 9.48 Å². The number of nitrogens with zero attached hydrogens (tertiary/aromatic N) is 2. The molecule has 0 saturated carbocycles. The second-order valence-corrected chi connectivity index (χ2v) is 8.37. The smallest absolute Gasteiger partial charge is 0.338 e. The van der Waals surface area contributed by atoms with Crippen LogP contribution in [-0.2, 0) is 17.9 Å². The number of aromatic nitrogens is 2. The number of esters is 1. The van der Waals surface area contributed by atoms with Gasteiger partial charge >= 0.3 is 5.97 Å². The number of amides is 1. The van der Waals surface area contributed by atoms with E-state index in [1.807, 2.05) is 19.1 Å². The van der Waals surface area contributed by atoms with Gasteiger partial charge in [-0.2, -0.15) is 5.10 Å². The Morgan fingerprint density at radius 3 is 2.54 bits per heavy atom. The summed E-state index contributed by atoms with van der Waals surface area (Å²) in [6, 6.07) is 16.9. The van der Waals surface area contributed by atoms with Gasteiger partial charge in [0.05, 0.1) is 36.3 Å². The number of anilines is 1. The molecule has 0 bridgehead atoms. The first-order valence-corrected chi connectivity index (χ1v) is 11.4. The molecule has 3 aromatic carbocycles. The van der Waals surface area contributed by atoms with Gasteiger partial charge in [-0.15, -0.1) is 0 Å². The molecule has 0 aliphatic rings. The third-order valence-electron chi connectivity index (χ3n) is 5.84. The summed E-state index contributed by atoms with van der Waals surface area (Å²) in [5, 5.41) is 7.45. The lowest BCUT2D eigenvalue weighted by atomic mass is 10.1. The first-order chi connectivity index (χ1) is 17.8. The number of hydrogen-bond acceptors (Lipinski definition) is 5. The van der Waals surface area contributed by atoms with E-state index in [1.54, 1.807) is 48.0 Å². The number of carbonyl (C=O) groups is 2. The normalized spacial score (nSPS) is 10.7.